The molecule has 0 radical (unpaired) electrons. The second-order valence-electron chi connectivity index (χ2n) is 3.20. The normalized spacial score (nSPS) is 10.4. The van der Waals surface area contributed by atoms with E-state index in [4.69, 9.17) is 0 Å². The molecule has 0 saturated carbocycles. The Morgan fingerprint density at radius 1 is 1.21 bits per heavy atom. The van der Waals surface area contributed by atoms with Gasteiger partial charge in [-0.1, -0.05) is 24.3 Å². The van der Waals surface area contributed by atoms with Crippen molar-refractivity contribution in [1.82, 2.24) is 0 Å². The Kier molecular flexibility index (Phi) is 1.93. The summed E-state index contributed by atoms with van der Waals surface area (Å²) in [6, 6.07) is 8.72. The molecule has 14 heavy (non-hydrogen) atoms. The molecule has 0 aromatic heterocycles. The minimum atomic E-state index is 0.186. The monoisotopic (exact) mass is 187 g/mol. The molecule has 0 spiro atoms. The Morgan fingerprint density at radius 2 is 1.86 bits per heavy atom. The third-order valence-corrected chi connectivity index (χ3v) is 2.28. The molecule has 2 aromatic rings. The van der Waals surface area contributed by atoms with Gasteiger partial charge in [0.05, 0.1) is 0 Å². The third kappa shape index (κ3) is 1.14. The molecule has 0 aliphatic carbocycles. The second-order valence-corrected chi connectivity index (χ2v) is 3.20. The molecule has 70 valence electrons. The number of aryl methyl sites for hydroxylation is 1. The Balaban J connectivity index is 2.97. The highest BCUT2D eigenvalue weighted by atomic mass is 16.3. The Bertz CT molecular complexity index is 506. The van der Waals surface area contributed by atoms with Gasteiger partial charge in [0, 0.05) is 10.8 Å². The van der Waals surface area contributed by atoms with Crippen LogP contribution in [0.3, 0.4) is 0 Å². The number of hydrogen-bond acceptors (Lipinski definition) is 3. The van der Waals surface area contributed by atoms with Crippen molar-refractivity contribution in [3.63, 3.8) is 0 Å². The van der Waals surface area contributed by atoms with E-state index in [2.05, 4.69) is 5.18 Å². The first-order chi connectivity index (χ1) is 6.74. The fraction of sp³-hybridized carbons (Fsp3) is 0.0909. The number of nitrogens with zero attached hydrogens (tertiary/aromatic N) is 1. The zero-order valence-corrected chi connectivity index (χ0v) is 7.69. The van der Waals surface area contributed by atoms with Gasteiger partial charge in [-0.25, -0.2) is 0 Å². The van der Waals surface area contributed by atoms with Gasteiger partial charge in [-0.2, -0.15) is 0 Å². The third-order valence-electron chi connectivity index (χ3n) is 2.28. The van der Waals surface area contributed by atoms with Crippen LogP contribution in [-0.4, -0.2) is 5.11 Å². The highest BCUT2D eigenvalue weighted by Crippen LogP contribution is 2.35. The van der Waals surface area contributed by atoms with Gasteiger partial charge in [0.25, 0.3) is 0 Å². The average Bonchev–Trinajstić information content (AvgIpc) is 2.18. The maximum Gasteiger partial charge on any atom is 0.123 e. The molecule has 2 rings (SSSR count). The maximum atomic E-state index is 10.6. The number of benzene rings is 2. The van der Waals surface area contributed by atoms with Crippen molar-refractivity contribution in [2.24, 2.45) is 5.18 Å². The van der Waals surface area contributed by atoms with Crippen molar-refractivity contribution in [3.8, 4) is 5.75 Å². The van der Waals surface area contributed by atoms with E-state index in [1.165, 1.54) is 0 Å². The minimum Gasteiger partial charge on any atom is -0.507 e. The molecule has 0 aliphatic rings. The maximum absolute atomic E-state index is 10.6. The van der Waals surface area contributed by atoms with Crippen LogP contribution in [0.15, 0.2) is 35.5 Å². The van der Waals surface area contributed by atoms with E-state index in [-0.39, 0.29) is 5.75 Å². The van der Waals surface area contributed by atoms with Crippen LogP contribution >= 0.6 is 0 Å². The van der Waals surface area contributed by atoms with Crippen LogP contribution in [0.25, 0.3) is 10.8 Å². The predicted octanol–water partition coefficient (Wildman–Crippen LogP) is 3.25. The first-order valence-corrected chi connectivity index (χ1v) is 4.28. The molecular weight excluding hydrogens is 178 g/mol. The van der Waals surface area contributed by atoms with E-state index >= 15 is 0 Å². The molecule has 0 bridgehead atoms. The summed E-state index contributed by atoms with van der Waals surface area (Å²) in [5, 5.41) is 14.0. The summed E-state index contributed by atoms with van der Waals surface area (Å²) >= 11 is 0. The molecule has 3 nitrogen and oxygen atoms in total. The number of rotatable bonds is 1. The molecular formula is C11H9NO2. The van der Waals surface area contributed by atoms with Crippen molar-refractivity contribution in [3.05, 3.63) is 40.8 Å². The van der Waals surface area contributed by atoms with Gasteiger partial charge in [0.2, 0.25) is 0 Å². The molecule has 0 atom stereocenters. The highest BCUT2D eigenvalue weighted by molar-refractivity contribution is 5.97. The summed E-state index contributed by atoms with van der Waals surface area (Å²) in [5.41, 5.74) is 1.09. The van der Waals surface area contributed by atoms with Crippen LogP contribution in [0.2, 0.25) is 0 Å². The van der Waals surface area contributed by atoms with Gasteiger partial charge in [0.15, 0.2) is 0 Å². The van der Waals surface area contributed by atoms with Crippen molar-refractivity contribution >= 4 is 16.5 Å². The van der Waals surface area contributed by atoms with Gasteiger partial charge in [-0.05, 0) is 23.7 Å². The second kappa shape index (κ2) is 3.10. The Labute approximate surface area is 81.0 Å². The molecule has 2 aromatic carbocycles. The Hall–Kier alpha value is -1.90. The van der Waals surface area contributed by atoms with E-state index in [0.717, 1.165) is 0 Å². The van der Waals surface area contributed by atoms with Crippen LogP contribution in [0.5, 0.6) is 5.75 Å². The van der Waals surface area contributed by atoms with E-state index in [0.29, 0.717) is 22.0 Å². The van der Waals surface area contributed by atoms with Crippen molar-refractivity contribution < 1.29 is 5.11 Å². The Morgan fingerprint density at radius 3 is 2.50 bits per heavy atom. The van der Waals surface area contributed by atoms with Crippen LogP contribution in [0.4, 0.5) is 5.69 Å². The zero-order valence-electron chi connectivity index (χ0n) is 7.69. The standard InChI is InChI=1S/C11H9NO2/c1-7-6-10(13)8-4-2-3-5-9(8)11(7)12-14/h2-6,13H,1H3. The molecule has 0 unspecified atom stereocenters. The number of phenolic OH excluding ortho intramolecular Hbond substituents is 1. The van der Waals surface area contributed by atoms with Gasteiger partial charge in [-0.3, -0.25) is 0 Å². The topological polar surface area (TPSA) is 49.7 Å². The van der Waals surface area contributed by atoms with E-state index in [9.17, 15) is 10.0 Å². The largest absolute Gasteiger partial charge is 0.507 e. The van der Waals surface area contributed by atoms with Crippen LogP contribution in [-0.2, 0) is 0 Å². The van der Waals surface area contributed by atoms with Crippen molar-refractivity contribution in [1.29, 1.82) is 0 Å². The summed E-state index contributed by atoms with van der Waals surface area (Å²) in [6.45, 7) is 1.75. The van der Waals surface area contributed by atoms with E-state index < -0.39 is 0 Å². The zero-order chi connectivity index (χ0) is 10.1. The lowest BCUT2D eigenvalue weighted by Gasteiger charge is -2.05. The summed E-state index contributed by atoms with van der Waals surface area (Å²) in [7, 11) is 0. The summed E-state index contributed by atoms with van der Waals surface area (Å²) in [4.78, 5) is 10.6. The lowest BCUT2D eigenvalue weighted by molar-refractivity contribution is 0.481. The van der Waals surface area contributed by atoms with Gasteiger partial charge in [0.1, 0.15) is 11.4 Å². The molecule has 1 N–H and O–H groups in total. The van der Waals surface area contributed by atoms with Gasteiger partial charge < -0.3 is 5.11 Å². The minimum absolute atomic E-state index is 0.186. The molecule has 0 amide bonds. The van der Waals surface area contributed by atoms with E-state index in [1.807, 2.05) is 12.1 Å². The van der Waals surface area contributed by atoms with Gasteiger partial charge >= 0.3 is 0 Å². The van der Waals surface area contributed by atoms with Crippen LogP contribution in [0, 0.1) is 11.8 Å². The average molecular weight is 187 g/mol. The number of nitroso groups, excluding NO2 is 1. The first-order valence-electron chi connectivity index (χ1n) is 4.28. The lowest BCUT2D eigenvalue weighted by atomic mass is 10.0. The van der Waals surface area contributed by atoms with Crippen LogP contribution in [0.1, 0.15) is 5.56 Å². The molecule has 0 fully saturated rings. The summed E-state index contributed by atoms with van der Waals surface area (Å²) in [6.07, 6.45) is 0. The van der Waals surface area contributed by atoms with Gasteiger partial charge in [-0.15, -0.1) is 4.91 Å². The first kappa shape index (κ1) is 8.69. The number of phenols is 1. The lowest BCUT2D eigenvalue weighted by Crippen LogP contribution is -1.79. The number of hydrogen-bond donors (Lipinski definition) is 1. The van der Waals surface area contributed by atoms with Crippen molar-refractivity contribution in [2.45, 2.75) is 6.92 Å². The number of aromatic hydroxyl groups is 1. The number of fused-ring (bicyclic) bond motifs is 1. The van der Waals surface area contributed by atoms with Crippen LogP contribution < -0.4 is 0 Å². The molecule has 0 heterocycles. The highest BCUT2D eigenvalue weighted by Gasteiger charge is 2.08. The fourth-order valence-electron chi connectivity index (χ4n) is 1.60. The quantitative estimate of drug-likeness (QED) is 0.696. The van der Waals surface area contributed by atoms with E-state index in [1.54, 1.807) is 25.1 Å². The predicted molar refractivity (Wildman–Crippen MR) is 55.8 cm³/mol. The fourth-order valence-corrected chi connectivity index (χ4v) is 1.60. The summed E-state index contributed by atoms with van der Waals surface area (Å²) < 4.78 is 0. The molecule has 3 heteroatoms. The summed E-state index contributed by atoms with van der Waals surface area (Å²) in [5.74, 6) is 0.186. The molecule has 0 aliphatic heterocycles. The SMILES string of the molecule is Cc1cc(O)c2ccccc2c1N=O. The van der Waals surface area contributed by atoms with Crippen molar-refractivity contribution in [2.75, 3.05) is 0 Å². The smallest absolute Gasteiger partial charge is 0.123 e. The molecule has 0 saturated heterocycles.